The highest BCUT2D eigenvalue weighted by molar-refractivity contribution is 5.87. The van der Waals surface area contributed by atoms with E-state index < -0.39 is 0 Å². The summed E-state index contributed by atoms with van der Waals surface area (Å²) < 4.78 is 0. The van der Waals surface area contributed by atoms with Gasteiger partial charge in [0.2, 0.25) is 5.95 Å². The van der Waals surface area contributed by atoms with Crippen LogP contribution in [0.1, 0.15) is 25.7 Å². The predicted octanol–water partition coefficient (Wildman–Crippen LogP) is 1.47. The zero-order valence-electron chi connectivity index (χ0n) is 7.92. The second kappa shape index (κ2) is 4.13. The highest BCUT2D eigenvalue weighted by Crippen LogP contribution is 2.17. The van der Waals surface area contributed by atoms with E-state index in [0.717, 1.165) is 12.8 Å². The molecule has 2 amide bonds. The van der Waals surface area contributed by atoms with Crippen molar-refractivity contribution in [2.75, 3.05) is 5.32 Å². The third-order valence-corrected chi connectivity index (χ3v) is 2.42. The Kier molecular flexibility index (Phi) is 2.67. The molecule has 0 unspecified atom stereocenters. The fraction of sp³-hybridized carbons (Fsp3) is 0.556. The minimum atomic E-state index is -0.174. The molecule has 1 saturated carbocycles. The smallest absolute Gasteiger partial charge is 0.321 e. The van der Waals surface area contributed by atoms with Crippen LogP contribution in [-0.4, -0.2) is 22.0 Å². The van der Waals surface area contributed by atoms with Crippen molar-refractivity contribution in [2.45, 2.75) is 31.7 Å². The molecule has 14 heavy (non-hydrogen) atoms. The van der Waals surface area contributed by atoms with Crippen LogP contribution in [0.5, 0.6) is 0 Å². The number of aromatic nitrogens is 2. The van der Waals surface area contributed by atoms with Crippen LogP contribution in [0.3, 0.4) is 0 Å². The molecule has 1 aromatic rings. The molecule has 0 radical (unpaired) electrons. The van der Waals surface area contributed by atoms with E-state index in [1.54, 1.807) is 12.4 Å². The van der Waals surface area contributed by atoms with Crippen LogP contribution in [0.2, 0.25) is 0 Å². The summed E-state index contributed by atoms with van der Waals surface area (Å²) in [6.45, 7) is 0. The van der Waals surface area contributed by atoms with Crippen LogP contribution < -0.4 is 10.6 Å². The van der Waals surface area contributed by atoms with Crippen molar-refractivity contribution >= 4 is 12.0 Å². The van der Waals surface area contributed by atoms with Crippen LogP contribution in [0.25, 0.3) is 0 Å². The van der Waals surface area contributed by atoms with Gasteiger partial charge in [-0.15, -0.1) is 0 Å². The third-order valence-electron chi connectivity index (χ3n) is 2.42. The molecule has 0 bridgehead atoms. The zero-order chi connectivity index (χ0) is 9.80. The van der Waals surface area contributed by atoms with Crippen molar-refractivity contribution in [3.05, 3.63) is 12.4 Å². The number of imidazole rings is 1. The van der Waals surface area contributed by atoms with Gasteiger partial charge >= 0.3 is 6.03 Å². The molecule has 0 aliphatic heterocycles. The van der Waals surface area contributed by atoms with E-state index in [-0.39, 0.29) is 6.03 Å². The van der Waals surface area contributed by atoms with E-state index in [9.17, 15) is 4.79 Å². The normalized spacial score (nSPS) is 16.9. The molecule has 1 aliphatic carbocycles. The first-order chi connectivity index (χ1) is 6.84. The van der Waals surface area contributed by atoms with Gasteiger partial charge in [0.05, 0.1) is 0 Å². The first-order valence-electron chi connectivity index (χ1n) is 4.91. The van der Waals surface area contributed by atoms with Crippen molar-refractivity contribution < 1.29 is 4.79 Å². The molecule has 2 rings (SSSR count). The minimum Gasteiger partial charge on any atom is -0.335 e. The number of nitrogens with one attached hydrogen (secondary N) is 3. The standard InChI is InChI=1S/C9H14N4O/c14-9(12-7-3-1-2-4-7)13-8-10-5-6-11-8/h5-7H,1-4H2,(H3,10,11,12,13,14). The second-order valence-corrected chi connectivity index (χ2v) is 3.52. The SMILES string of the molecule is O=C(Nc1ncc[nH]1)NC1CCCC1. The van der Waals surface area contributed by atoms with Gasteiger partial charge in [-0.05, 0) is 12.8 Å². The summed E-state index contributed by atoms with van der Waals surface area (Å²) in [5.74, 6) is 0.487. The van der Waals surface area contributed by atoms with Crippen LogP contribution in [0, 0.1) is 0 Å². The molecule has 1 fully saturated rings. The van der Waals surface area contributed by atoms with Crippen LogP contribution in [0.15, 0.2) is 12.4 Å². The number of hydrogen-bond acceptors (Lipinski definition) is 2. The Balaban J connectivity index is 1.78. The summed E-state index contributed by atoms with van der Waals surface area (Å²) in [5, 5.41) is 5.54. The van der Waals surface area contributed by atoms with Crippen LogP contribution in [-0.2, 0) is 0 Å². The molecule has 76 valence electrons. The van der Waals surface area contributed by atoms with Crippen molar-refractivity contribution in [1.82, 2.24) is 15.3 Å². The molecule has 5 nitrogen and oxygen atoms in total. The number of anilines is 1. The van der Waals surface area contributed by atoms with Gasteiger partial charge in [-0.3, -0.25) is 5.32 Å². The van der Waals surface area contributed by atoms with Gasteiger partial charge in [-0.1, -0.05) is 12.8 Å². The van der Waals surface area contributed by atoms with E-state index >= 15 is 0 Å². The highest BCUT2D eigenvalue weighted by atomic mass is 16.2. The van der Waals surface area contributed by atoms with E-state index in [1.807, 2.05) is 0 Å². The van der Waals surface area contributed by atoms with Gasteiger partial charge in [0, 0.05) is 18.4 Å². The number of nitrogens with zero attached hydrogens (tertiary/aromatic N) is 1. The molecule has 3 N–H and O–H groups in total. The molecule has 1 aliphatic rings. The van der Waals surface area contributed by atoms with Crippen molar-refractivity contribution in [2.24, 2.45) is 0 Å². The largest absolute Gasteiger partial charge is 0.335 e. The summed E-state index contributed by atoms with van der Waals surface area (Å²) in [7, 11) is 0. The van der Waals surface area contributed by atoms with Crippen molar-refractivity contribution in [3.63, 3.8) is 0 Å². The van der Waals surface area contributed by atoms with Gasteiger partial charge in [-0.2, -0.15) is 0 Å². The van der Waals surface area contributed by atoms with E-state index in [0.29, 0.717) is 12.0 Å². The lowest BCUT2D eigenvalue weighted by atomic mass is 10.3. The zero-order valence-corrected chi connectivity index (χ0v) is 7.92. The Morgan fingerprint density at radius 1 is 1.50 bits per heavy atom. The summed E-state index contributed by atoms with van der Waals surface area (Å²) in [4.78, 5) is 18.1. The highest BCUT2D eigenvalue weighted by Gasteiger charge is 2.16. The molecule has 0 saturated heterocycles. The Hall–Kier alpha value is -1.52. The number of amides is 2. The number of aromatic amines is 1. The van der Waals surface area contributed by atoms with Gasteiger partial charge in [0.25, 0.3) is 0 Å². The molecule has 1 aromatic heterocycles. The number of carbonyl (C=O) groups excluding carboxylic acids is 1. The third kappa shape index (κ3) is 2.25. The molecule has 0 atom stereocenters. The van der Waals surface area contributed by atoms with Crippen molar-refractivity contribution in [1.29, 1.82) is 0 Å². The second-order valence-electron chi connectivity index (χ2n) is 3.52. The maximum absolute atomic E-state index is 11.4. The number of rotatable bonds is 2. The van der Waals surface area contributed by atoms with E-state index in [4.69, 9.17) is 0 Å². The predicted molar refractivity (Wildman–Crippen MR) is 53.0 cm³/mol. The maximum atomic E-state index is 11.4. The van der Waals surface area contributed by atoms with E-state index in [2.05, 4.69) is 20.6 Å². The average molecular weight is 194 g/mol. The molecule has 0 aromatic carbocycles. The number of carbonyl (C=O) groups is 1. The fourth-order valence-electron chi connectivity index (χ4n) is 1.73. The van der Waals surface area contributed by atoms with E-state index in [1.165, 1.54) is 12.8 Å². The quantitative estimate of drug-likeness (QED) is 0.667. The van der Waals surface area contributed by atoms with Gasteiger partial charge in [0.1, 0.15) is 0 Å². The number of hydrogen-bond donors (Lipinski definition) is 3. The first-order valence-corrected chi connectivity index (χ1v) is 4.91. The topological polar surface area (TPSA) is 69.8 Å². The molecule has 0 spiro atoms. The van der Waals surface area contributed by atoms with Gasteiger partial charge in [0.15, 0.2) is 0 Å². The Labute approximate surface area is 82.3 Å². The first kappa shape index (κ1) is 9.05. The summed E-state index contributed by atoms with van der Waals surface area (Å²) in [6, 6.07) is 0.164. The molecule has 5 heteroatoms. The summed E-state index contributed by atoms with van der Waals surface area (Å²) in [5.41, 5.74) is 0. The van der Waals surface area contributed by atoms with Crippen LogP contribution in [0.4, 0.5) is 10.7 Å². The Morgan fingerprint density at radius 2 is 2.29 bits per heavy atom. The Bertz CT molecular complexity index is 290. The minimum absolute atomic E-state index is 0.174. The molecular formula is C9H14N4O. The summed E-state index contributed by atoms with van der Waals surface area (Å²) >= 11 is 0. The molecular weight excluding hydrogens is 180 g/mol. The number of urea groups is 1. The summed E-state index contributed by atoms with van der Waals surface area (Å²) in [6.07, 6.45) is 7.88. The van der Waals surface area contributed by atoms with Gasteiger partial charge in [-0.25, -0.2) is 9.78 Å². The average Bonchev–Trinajstić information content (AvgIpc) is 2.76. The fourth-order valence-corrected chi connectivity index (χ4v) is 1.73. The van der Waals surface area contributed by atoms with Crippen molar-refractivity contribution in [3.8, 4) is 0 Å². The van der Waals surface area contributed by atoms with Crippen LogP contribution >= 0.6 is 0 Å². The number of H-pyrrole nitrogens is 1. The van der Waals surface area contributed by atoms with Gasteiger partial charge < -0.3 is 10.3 Å². The lowest BCUT2D eigenvalue weighted by Gasteiger charge is -2.11. The monoisotopic (exact) mass is 194 g/mol. The molecule has 1 heterocycles. The Morgan fingerprint density at radius 3 is 2.93 bits per heavy atom. The lowest BCUT2D eigenvalue weighted by molar-refractivity contribution is 0.248. The maximum Gasteiger partial charge on any atom is 0.321 e. The lowest BCUT2D eigenvalue weighted by Crippen LogP contribution is -2.36.